The number of rotatable bonds is 4. The smallest absolute Gasteiger partial charge is 0.189 e. The molecule has 0 aromatic heterocycles. The summed E-state index contributed by atoms with van der Waals surface area (Å²) in [5, 5.41) is 3.10. The van der Waals surface area contributed by atoms with Gasteiger partial charge in [-0.1, -0.05) is 12.2 Å². The molecule has 21 heavy (non-hydrogen) atoms. The zero-order chi connectivity index (χ0) is 14.7. The molecule has 1 fully saturated rings. The lowest BCUT2D eigenvalue weighted by atomic mass is 9.76. The van der Waals surface area contributed by atoms with Crippen LogP contribution in [-0.2, 0) is 0 Å². The van der Waals surface area contributed by atoms with Crippen LogP contribution in [0, 0.1) is 11.6 Å². The minimum atomic E-state index is -0.529. The van der Waals surface area contributed by atoms with Crippen LogP contribution >= 0.6 is 24.0 Å². The number of guanidine groups is 1. The highest BCUT2D eigenvalue weighted by atomic mass is 127. The molecule has 116 valence electrons. The Morgan fingerprint density at radius 2 is 1.90 bits per heavy atom. The summed E-state index contributed by atoms with van der Waals surface area (Å²) in [6.07, 6.45) is 1.60. The van der Waals surface area contributed by atoms with Crippen molar-refractivity contribution in [3.63, 3.8) is 0 Å². The summed E-state index contributed by atoms with van der Waals surface area (Å²) in [6, 6.07) is 3.88. The largest absolute Gasteiger partial charge is 0.370 e. The quantitative estimate of drug-likeness (QED) is 0.348. The van der Waals surface area contributed by atoms with Crippen molar-refractivity contribution in [2.45, 2.75) is 31.7 Å². The Morgan fingerprint density at radius 1 is 1.33 bits per heavy atom. The monoisotopic (exact) mass is 407 g/mol. The predicted octanol–water partition coefficient (Wildman–Crippen LogP) is 3.31. The van der Waals surface area contributed by atoms with Crippen molar-refractivity contribution in [3.8, 4) is 0 Å². The number of nitrogens with one attached hydrogen (secondary N) is 1. The molecule has 0 amide bonds. The molecule has 0 spiro atoms. The van der Waals surface area contributed by atoms with Crippen molar-refractivity contribution in [2.24, 2.45) is 10.7 Å². The molecule has 0 saturated heterocycles. The van der Waals surface area contributed by atoms with Gasteiger partial charge in [0.2, 0.25) is 0 Å². The van der Waals surface area contributed by atoms with Crippen LogP contribution in [0.25, 0.3) is 0 Å². The highest BCUT2D eigenvalue weighted by Crippen LogP contribution is 2.37. The fraction of sp³-hybridized carbons (Fsp3) is 0.400. The van der Waals surface area contributed by atoms with Crippen molar-refractivity contribution < 1.29 is 8.78 Å². The van der Waals surface area contributed by atoms with Crippen LogP contribution in [-0.4, -0.2) is 18.5 Å². The second-order valence-corrected chi connectivity index (χ2v) is 5.37. The first-order chi connectivity index (χ1) is 9.44. The number of nitrogens with two attached hydrogens (primary N) is 1. The van der Waals surface area contributed by atoms with Gasteiger partial charge in [-0.05, 0) is 43.4 Å². The van der Waals surface area contributed by atoms with E-state index in [1.807, 2.05) is 6.92 Å². The van der Waals surface area contributed by atoms with Gasteiger partial charge in [0.25, 0.3) is 0 Å². The molecular formula is C15H20F2IN3. The Balaban J connectivity index is 0.00000220. The average molecular weight is 407 g/mol. The first-order valence-corrected chi connectivity index (χ1v) is 6.61. The fourth-order valence-corrected chi connectivity index (χ4v) is 2.29. The van der Waals surface area contributed by atoms with Gasteiger partial charge in [0.05, 0.1) is 6.54 Å². The van der Waals surface area contributed by atoms with Crippen LogP contribution < -0.4 is 11.1 Å². The van der Waals surface area contributed by atoms with Crippen LogP contribution in [0.2, 0.25) is 0 Å². The van der Waals surface area contributed by atoms with Crippen LogP contribution in [0.5, 0.6) is 0 Å². The van der Waals surface area contributed by atoms with Gasteiger partial charge >= 0.3 is 0 Å². The van der Waals surface area contributed by atoms with Crippen molar-refractivity contribution in [1.29, 1.82) is 0 Å². The molecule has 6 heteroatoms. The molecule has 0 aliphatic heterocycles. The van der Waals surface area contributed by atoms with Gasteiger partial charge in [-0.15, -0.1) is 24.0 Å². The molecule has 3 N–H and O–H groups in total. The third kappa shape index (κ3) is 5.26. The summed E-state index contributed by atoms with van der Waals surface area (Å²) in [5.41, 5.74) is 7.39. The van der Waals surface area contributed by atoms with E-state index in [4.69, 9.17) is 5.73 Å². The molecule has 0 bridgehead atoms. The maximum atomic E-state index is 13.1. The lowest BCUT2D eigenvalue weighted by Gasteiger charge is -2.36. The molecule has 1 saturated carbocycles. The molecular weight excluding hydrogens is 387 g/mol. The SMILES string of the molecule is C=C(C)CN=C(N)NC1CC(c2cc(F)cc(F)c2)C1.I. The van der Waals surface area contributed by atoms with Crippen molar-refractivity contribution in [2.75, 3.05) is 6.54 Å². The summed E-state index contributed by atoms with van der Waals surface area (Å²) < 4.78 is 26.3. The van der Waals surface area contributed by atoms with E-state index in [9.17, 15) is 8.78 Å². The molecule has 1 aromatic carbocycles. The Labute approximate surface area is 140 Å². The Kier molecular flexibility index (Phi) is 6.57. The third-order valence-corrected chi connectivity index (χ3v) is 3.37. The number of hydrogen-bond acceptors (Lipinski definition) is 1. The van der Waals surface area contributed by atoms with E-state index in [1.54, 1.807) is 0 Å². The van der Waals surface area contributed by atoms with Gasteiger partial charge in [-0.3, -0.25) is 0 Å². The molecule has 3 nitrogen and oxygen atoms in total. The van der Waals surface area contributed by atoms with Crippen molar-refractivity contribution >= 4 is 29.9 Å². The Morgan fingerprint density at radius 3 is 2.43 bits per heavy atom. The molecule has 0 atom stereocenters. The number of halogens is 3. The van der Waals surface area contributed by atoms with E-state index in [-0.39, 0.29) is 35.9 Å². The fourth-order valence-electron chi connectivity index (χ4n) is 2.29. The molecule has 2 rings (SSSR count). The maximum absolute atomic E-state index is 13.1. The van der Waals surface area contributed by atoms with E-state index in [1.165, 1.54) is 12.1 Å². The molecule has 1 aromatic rings. The van der Waals surface area contributed by atoms with Gasteiger partial charge in [-0.25, -0.2) is 13.8 Å². The lowest BCUT2D eigenvalue weighted by molar-refractivity contribution is 0.322. The first kappa shape index (κ1) is 17.9. The number of aliphatic imine (C=N–C) groups is 1. The van der Waals surface area contributed by atoms with Crippen LogP contribution in [0.15, 0.2) is 35.3 Å². The van der Waals surface area contributed by atoms with Crippen LogP contribution in [0.1, 0.15) is 31.2 Å². The highest BCUT2D eigenvalue weighted by Gasteiger charge is 2.31. The van der Waals surface area contributed by atoms with Crippen LogP contribution in [0.3, 0.4) is 0 Å². The molecule has 0 radical (unpaired) electrons. The van der Waals surface area contributed by atoms with E-state index in [0.29, 0.717) is 18.1 Å². The van der Waals surface area contributed by atoms with Crippen molar-refractivity contribution in [1.82, 2.24) is 5.32 Å². The maximum Gasteiger partial charge on any atom is 0.189 e. The third-order valence-electron chi connectivity index (χ3n) is 3.37. The summed E-state index contributed by atoms with van der Waals surface area (Å²) in [5.74, 6) is -0.494. The zero-order valence-electron chi connectivity index (χ0n) is 11.9. The Bertz CT molecular complexity index is 519. The average Bonchev–Trinajstić information content (AvgIpc) is 2.29. The van der Waals surface area contributed by atoms with Gasteiger partial charge in [-0.2, -0.15) is 0 Å². The summed E-state index contributed by atoms with van der Waals surface area (Å²) in [6.45, 7) is 6.13. The lowest BCUT2D eigenvalue weighted by Crippen LogP contribution is -2.46. The van der Waals surface area contributed by atoms with Crippen LogP contribution in [0.4, 0.5) is 8.78 Å². The van der Waals surface area contributed by atoms with Gasteiger partial charge in [0.15, 0.2) is 5.96 Å². The summed E-state index contributed by atoms with van der Waals surface area (Å²) in [7, 11) is 0. The van der Waals surface area contributed by atoms with E-state index in [2.05, 4.69) is 16.9 Å². The normalized spacial score (nSPS) is 21.2. The second-order valence-electron chi connectivity index (χ2n) is 5.37. The minimum Gasteiger partial charge on any atom is -0.370 e. The topological polar surface area (TPSA) is 50.4 Å². The Hall–Kier alpha value is -1.18. The minimum absolute atomic E-state index is 0. The first-order valence-electron chi connectivity index (χ1n) is 6.61. The van der Waals surface area contributed by atoms with E-state index < -0.39 is 11.6 Å². The standard InChI is InChI=1S/C15H19F2N3.HI/c1-9(2)8-19-15(18)20-14-5-11(6-14)10-3-12(16)7-13(17)4-10;/h3-4,7,11,14H,1,5-6,8H2,2H3,(H3,18,19,20);1H. The van der Waals surface area contributed by atoms with Gasteiger partial charge in [0, 0.05) is 12.1 Å². The number of benzene rings is 1. The molecule has 1 aliphatic carbocycles. The number of hydrogen-bond donors (Lipinski definition) is 2. The van der Waals surface area contributed by atoms with Gasteiger partial charge in [0.1, 0.15) is 11.6 Å². The summed E-state index contributed by atoms with van der Waals surface area (Å²) in [4.78, 5) is 4.14. The van der Waals surface area contributed by atoms with Crippen molar-refractivity contribution in [3.05, 3.63) is 47.5 Å². The van der Waals surface area contributed by atoms with E-state index in [0.717, 1.165) is 24.5 Å². The zero-order valence-corrected chi connectivity index (χ0v) is 14.2. The highest BCUT2D eigenvalue weighted by molar-refractivity contribution is 14.0. The molecule has 1 aliphatic rings. The number of nitrogens with zero attached hydrogens (tertiary/aromatic N) is 1. The molecule has 0 unspecified atom stereocenters. The second kappa shape index (κ2) is 7.72. The summed E-state index contributed by atoms with van der Waals surface area (Å²) >= 11 is 0. The predicted molar refractivity (Wildman–Crippen MR) is 92.0 cm³/mol. The van der Waals surface area contributed by atoms with E-state index >= 15 is 0 Å². The van der Waals surface area contributed by atoms with Gasteiger partial charge < -0.3 is 11.1 Å². The molecule has 0 heterocycles.